The van der Waals surface area contributed by atoms with Gasteiger partial charge in [0, 0.05) is 18.8 Å². The summed E-state index contributed by atoms with van der Waals surface area (Å²) < 4.78 is 74.8. The van der Waals surface area contributed by atoms with Gasteiger partial charge in [-0.1, -0.05) is 0 Å². The van der Waals surface area contributed by atoms with E-state index in [2.05, 4.69) is 5.32 Å². The van der Waals surface area contributed by atoms with Crippen LogP contribution in [0.4, 0.5) is 32.0 Å². The normalized spacial score (nSPS) is 12.6. The number of benzene rings is 1. The van der Waals surface area contributed by atoms with Crippen molar-refractivity contribution in [2.24, 2.45) is 5.73 Å². The number of hydrogen-bond acceptors (Lipinski definition) is 2. The van der Waals surface area contributed by atoms with E-state index in [-0.39, 0.29) is 19.2 Å². The first-order valence-corrected chi connectivity index (χ1v) is 4.88. The van der Waals surface area contributed by atoms with Crippen molar-refractivity contribution in [3.05, 3.63) is 29.3 Å². The van der Waals surface area contributed by atoms with E-state index in [0.717, 1.165) is 6.07 Å². The molecule has 1 aromatic rings. The van der Waals surface area contributed by atoms with Crippen molar-refractivity contribution >= 4 is 5.69 Å². The second-order valence-corrected chi connectivity index (χ2v) is 3.47. The number of nitrogens with one attached hydrogen (secondary N) is 1. The first-order chi connectivity index (χ1) is 8.16. The minimum absolute atomic E-state index is 0.0362. The zero-order chi connectivity index (χ0) is 14.0. The van der Waals surface area contributed by atoms with Crippen LogP contribution < -0.4 is 11.1 Å². The zero-order valence-corrected chi connectivity index (χ0v) is 8.99. The lowest BCUT2D eigenvalue weighted by Gasteiger charge is -2.16. The molecular weight excluding hydrogens is 262 g/mol. The van der Waals surface area contributed by atoms with Crippen LogP contribution in [0.25, 0.3) is 0 Å². The Labute approximate surface area is 98.8 Å². The third kappa shape index (κ3) is 3.52. The first-order valence-electron chi connectivity index (χ1n) is 4.88. The van der Waals surface area contributed by atoms with Gasteiger partial charge in [0.1, 0.15) is 0 Å². The molecule has 0 spiro atoms. The van der Waals surface area contributed by atoms with Crippen LogP contribution in [0.2, 0.25) is 0 Å². The van der Waals surface area contributed by atoms with Gasteiger partial charge in [0.25, 0.3) is 0 Å². The highest BCUT2D eigenvalue weighted by Crippen LogP contribution is 2.39. The summed E-state index contributed by atoms with van der Waals surface area (Å²) in [5.74, 6) is 0. The average molecular weight is 272 g/mol. The summed E-state index contributed by atoms with van der Waals surface area (Å²) in [7, 11) is 0. The lowest BCUT2D eigenvalue weighted by atomic mass is 10.1. The average Bonchev–Trinajstić information content (AvgIpc) is 2.23. The van der Waals surface area contributed by atoms with Crippen LogP contribution >= 0.6 is 0 Å². The highest BCUT2D eigenvalue weighted by Gasteiger charge is 2.38. The van der Waals surface area contributed by atoms with Gasteiger partial charge in [0.05, 0.1) is 11.1 Å². The van der Waals surface area contributed by atoms with Crippen molar-refractivity contribution in [1.29, 1.82) is 0 Å². The molecule has 8 heteroatoms. The van der Waals surface area contributed by atoms with Crippen molar-refractivity contribution in [1.82, 2.24) is 0 Å². The molecule has 0 saturated heterocycles. The largest absolute Gasteiger partial charge is 0.418 e. The van der Waals surface area contributed by atoms with Gasteiger partial charge < -0.3 is 11.1 Å². The predicted molar refractivity (Wildman–Crippen MR) is 54.0 cm³/mol. The molecule has 0 aliphatic rings. The molecule has 1 rings (SSSR count). The minimum atomic E-state index is -4.86. The molecule has 0 heterocycles. The number of halogens is 6. The standard InChI is InChI=1S/C10H10F6N2/c11-9(12,13)6-1-2-8(18-4-3-17)7(5-6)10(14,15)16/h1-2,5,18H,3-4,17H2. The molecule has 0 bridgehead atoms. The molecule has 0 unspecified atom stereocenters. The Morgan fingerprint density at radius 3 is 2.06 bits per heavy atom. The van der Waals surface area contributed by atoms with Gasteiger partial charge in [-0.25, -0.2) is 0 Å². The summed E-state index contributed by atoms with van der Waals surface area (Å²) in [6, 6.07) is 1.42. The van der Waals surface area contributed by atoms with Crippen molar-refractivity contribution < 1.29 is 26.3 Å². The topological polar surface area (TPSA) is 38.0 Å². The highest BCUT2D eigenvalue weighted by atomic mass is 19.4. The van der Waals surface area contributed by atoms with Crippen LogP contribution in [-0.4, -0.2) is 13.1 Å². The van der Waals surface area contributed by atoms with E-state index in [1.165, 1.54) is 0 Å². The van der Waals surface area contributed by atoms with Crippen LogP contribution in [0.15, 0.2) is 18.2 Å². The van der Waals surface area contributed by atoms with Gasteiger partial charge in [-0.15, -0.1) is 0 Å². The Hall–Kier alpha value is -1.44. The van der Waals surface area contributed by atoms with Gasteiger partial charge >= 0.3 is 12.4 Å². The fraction of sp³-hybridized carbons (Fsp3) is 0.400. The van der Waals surface area contributed by atoms with E-state index < -0.39 is 29.2 Å². The molecular formula is C10H10F6N2. The molecule has 0 aliphatic carbocycles. The summed E-state index contributed by atoms with van der Waals surface area (Å²) >= 11 is 0. The van der Waals surface area contributed by atoms with Gasteiger partial charge in [-0.2, -0.15) is 26.3 Å². The number of hydrogen-bond donors (Lipinski definition) is 2. The first kappa shape index (κ1) is 14.6. The third-order valence-electron chi connectivity index (χ3n) is 2.11. The fourth-order valence-electron chi connectivity index (χ4n) is 1.32. The number of alkyl halides is 6. The lowest BCUT2D eigenvalue weighted by Crippen LogP contribution is -2.18. The fourth-order valence-corrected chi connectivity index (χ4v) is 1.32. The Balaban J connectivity index is 3.21. The SMILES string of the molecule is NCCNc1ccc(C(F)(F)F)cc1C(F)(F)F. The number of nitrogens with two attached hydrogens (primary N) is 1. The van der Waals surface area contributed by atoms with E-state index in [4.69, 9.17) is 5.73 Å². The van der Waals surface area contributed by atoms with Gasteiger partial charge in [0.2, 0.25) is 0 Å². The van der Waals surface area contributed by atoms with Gasteiger partial charge in [0.15, 0.2) is 0 Å². The molecule has 2 nitrogen and oxygen atoms in total. The van der Waals surface area contributed by atoms with Crippen molar-refractivity contribution in [3.63, 3.8) is 0 Å². The molecule has 0 radical (unpaired) electrons. The second kappa shape index (κ2) is 5.05. The van der Waals surface area contributed by atoms with Crippen molar-refractivity contribution in [3.8, 4) is 0 Å². The smallest absolute Gasteiger partial charge is 0.383 e. The van der Waals surface area contributed by atoms with Crippen LogP contribution in [-0.2, 0) is 12.4 Å². The monoisotopic (exact) mass is 272 g/mol. The molecule has 0 aliphatic heterocycles. The highest BCUT2D eigenvalue weighted by molar-refractivity contribution is 5.54. The quantitative estimate of drug-likeness (QED) is 0.830. The maximum absolute atomic E-state index is 12.6. The van der Waals surface area contributed by atoms with Crippen molar-refractivity contribution in [2.75, 3.05) is 18.4 Å². The van der Waals surface area contributed by atoms with Gasteiger partial charge in [-0.05, 0) is 18.2 Å². The predicted octanol–water partition coefficient (Wildman–Crippen LogP) is 3.09. The second-order valence-electron chi connectivity index (χ2n) is 3.47. The summed E-state index contributed by atoms with van der Waals surface area (Å²) in [6.45, 7) is 0.104. The molecule has 0 amide bonds. The summed E-state index contributed by atoms with van der Waals surface area (Å²) in [6.07, 6.45) is -9.68. The zero-order valence-electron chi connectivity index (χ0n) is 8.99. The summed E-state index contributed by atoms with van der Waals surface area (Å²) in [4.78, 5) is 0. The Morgan fingerprint density at radius 2 is 1.61 bits per heavy atom. The number of anilines is 1. The van der Waals surface area contributed by atoms with E-state index in [0.29, 0.717) is 6.07 Å². The van der Waals surface area contributed by atoms with Crippen LogP contribution in [0.1, 0.15) is 11.1 Å². The van der Waals surface area contributed by atoms with E-state index >= 15 is 0 Å². The van der Waals surface area contributed by atoms with Crippen LogP contribution in [0.3, 0.4) is 0 Å². The Kier molecular flexibility index (Phi) is 4.10. The molecule has 1 aromatic carbocycles. The van der Waals surface area contributed by atoms with E-state index in [1.807, 2.05) is 0 Å². The molecule has 102 valence electrons. The van der Waals surface area contributed by atoms with Crippen molar-refractivity contribution in [2.45, 2.75) is 12.4 Å². The molecule has 0 aromatic heterocycles. The molecule has 3 N–H and O–H groups in total. The molecule has 0 saturated carbocycles. The Morgan fingerprint density at radius 1 is 1.00 bits per heavy atom. The van der Waals surface area contributed by atoms with Crippen LogP contribution in [0.5, 0.6) is 0 Å². The van der Waals surface area contributed by atoms with E-state index in [9.17, 15) is 26.3 Å². The molecule has 0 atom stereocenters. The third-order valence-corrected chi connectivity index (χ3v) is 2.11. The summed E-state index contributed by atoms with van der Waals surface area (Å²) in [5.41, 5.74) is 2.00. The van der Waals surface area contributed by atoms with E-state index in [1.54, 1.807) is 0 Å². The maximum atomic E-state index is 12.6. The molecule has 18 heavy (non-hydrogen) atoms. The van der Waals surface area contributed by atoms with Crippen LogP contribution in [0, 0.1) is 0 Å². The van der Waals surface area contributed by atoms with Gasteiger partial charge in [-0.3, -0.25) is 0 Å². The summed E-state index contributed by atoms with van der Waals surface area (Å²) in [5, 5.41) is 2.34. The Bertz CT molecular complexity index is 410. The molecule has 0 fully saturated rings. The lowest BCUT2D eigenvalue weighted by molar-refractivity contribution is -0.142. The maximum Gasteiger partial charge on any atom is 0.418 e. The number of rotatable bonds is 3. The minimum Gasteiger partial charge on any atom is -0.383 e.